The Kier molecular flexibility index (Phi) is 3.85. The lowest BCUT2D eigenvalue weighted by Gasteiger charge is -2.35. The number of hydrogen-bond donors (Lipinski definition) is 1. The van der Waals surface area contributed by atoms with E-state index in [2.05, 4.69) is 4.90 Å². The first-order valence-electron chi connectivity index (χ1n) is 7.91. The fraction of sp³-hybridized carbons (Fsp3) is 0.867. The normalized spacial score (nSPS) is 23.7. The van der Waals surface area contributed by atoms with Crippen molar-refractivity contribution < 1.29 is 14.7 Å². The van der Waals surface area contributed by atoms with Gasteiger partial charge in [-0.3, -0.25) is 4.79 Å². The van der Waals surface area contributed by atoms with Crippen LogP contribution in [0.4, 0.5) is 4.79 Å². The van der Waals surface area contributed by atoms with E-state index >= 15 is 0 Å². The van der Waals surface area contributed by atoms with Gasteiger partial charge in [0.25, 0.3) is 0 Å². The highest BCUT2D eigenvalue weighted by Crippen LogP contribution is 2.35. The van der Waals surface area contributed by atoms with Crippen molar-refractivity contribution in [3.63, 3.8) is 0 Å². The third kappa shape index (κ3) is 3.44. The molecule has 3 fully saturated rings. The number of likely N-dealkylation sites (tertiary alicyclic amines) is 1. The van der Waals surface area contributed by atoms with Crippen LogP contribution in [0.3, 0.4) is 0 Å². The quantitative estimate of drug-likeness (QED) is 0.839. The fourth-order valence-electron chi connectivity index (χ4n) is 3.11. The van der Waals surface area contributed by atoms with Crippen LogP contribution in [0.1, 0.15) is 44.9 Å². The number of aliphatic carboxylic acids is 1. The average Bonchev–Trinajstić information content (AvgIpc) is 3.27. The molecule has 0 unspecified atom stereocenters. The standard InChI is InChI=1S/C15H24N2O3/c18-14(19)9-11-5-7-16(8-6-11)15(20)17(13-3-4-13)10-12-1-2-12/h11-13H,1-10H2,(H,18,19). The summed E-state index contributed by atoms with van der Waals surface area (Å²) >= 11 is 0. The Morgan fingerprint density at radius 3 is 2.15 bits per heavy atom. The SMILES string of the molecule is O=C(O)CC1CCN(C(=O)N(CC2CC2)C2CC2)CC1. The predicted molar refractivity (Wildman–Crippen MR) is 74.4 cm³/mol. The van der Waals surface area contributed by atoms with Crippen LogP contribution in [0.2, 0.25) is 0 Å². The van der Waals surface area contributed by atoms with Crippen LogP contribution < -0.4 is 0 Å². The lowest BCUT2D eigenvalue weighted by atomic mass is 9.94. The Balaban J connectivity index is 1.50. The highest BCUT2D eigenvalue weighted by molar-refractivity contribution is 5.75. The van der Waals surface area contributed by atoms with Gasteiger partial charge in [-0.15, -0.1) is 0 Å². The van der Waals surface area contributed by atoms with Gasteiger partial charge in [-0.25, -0.2) is 4.79 Å². The zero-order valence-electron chi connectivity index (χ0n) is 12.0. The molecule has 1 N–H and O–H groups in total. The number of amides is 2. The van der Waals surface area contributed by atoms with Gasteiger partial charge in [0.15, 0.2) is 0 Å². The third-order valence-corrected chi connectivity index (χ3v) is 4.73. The van der Waals surface area contributed by atoms with E-state index in [1.807, 2.05) is 4.90 Å². The lowest BCUT2D eigenvalue weighted by molar-refractivity contribution is -0.138. The molecule has 0 bridgehead atoms. The van der Waals surface area contributed by atoms with Gasteiger partial charge in [0.05, 0.1) is 0 Å². The number of urea groups is 1. The van der Waals surface area contributed by atoms with Gasteiger partial charge < -0.3 is 14.9 Å². The highest BCUT2D eigenvalue weighted by atomic mass is 16.4. The summed E-state index contributed by atoms with van der Waals surface area (Å²) in [6.45, 7) is 2.40. The van der Waals surface area contributed by atoms with Crippen molar-refractivity contribution in [3.8, 4) is 0 Å². The Labute approximate surface area is 119 Å². The minimum Gasteiger partial charge on any atom is -0.481 e. The summed E-state index contributed by atoms with van der Waals surface area (Å²) in [5.74, 6) is 0.265. The molecule has 0 aromatic rings. The second-order valence-corrected chi connectivity index (χ2v) is 6.64. The highest BCUT2D eigenvalue weighted by Gasteiger charge is 2.39. The molecule has 20 heavy (non-hydrogen) atoms. The van der Waals surface area contributed by atoms with E-state index in [1.165, 1.54) is 12.8 Å². The van der Waals surface area contributed by atoms with Gasteiger partial charge in [-0.05, 0) is 50.4 Å². The summed E-state index contributed by atoms with van der Waals surface area (Å²) < 4.78 is 0. The molecule has 2 saturated carbocycles. The molecular formula is C15H24N2O3. The lowest BCUT2D eigenvalue weighted by Crippen LogP contribution is -2.48. The summed E-state index contributed by atoms with van der Waals surface area (Å²) in [4.78, 5) is 27.4. The molecule has 0 radical (unpaired) electrons. The molecule has 112 valence electrons. The second-order valence-electron chi connectivity index (χ2n) is 6.64. The second kappa shape index (κ2) is 5.62. The first-order chi connectivity index (χ1) is 9.63. The monoisotopic (exact) mass is 280 g/mol. The van der Waals surface area contributed by atoms with Gasteiger partial charge in [-0.1, -0.05) is 0 Å². The van der Waals surface area contributed by atoms with E-state index in [-0.39, 0.29) is 18.4 Å². The maximum absolute atomic E-state index is 12.6. The topological polar surface area (TPSA) is 60.9 Å². The van der Waals surface area contributed by atoms with Crippen LogP contribution in [0.25, 0.3) is 0 Å². The van der Waals surface area contributed by atoms with Crippen LogP contribution in [0, 0.1) is 11.8 Å². The van der Waals surface area contributed by atoms with Gasteiger partial charge in [0.1, 0.15) is 0 Å². The Morgan fingerprint density at radius 1 is 1.00 bits per heavy atom. The number of carboxylic acids is 1. The molecule has 5 heteroatoms. The van der Waals surface area contributed by atoms with Crippen LogP contribution in [-0.4, -0.2) is 52.6 Å². The van der Waals surface area contributed by atoms with Crippen LogP contribution >= 0.6 is 0 Å². The summed E-state index contributed by atoms with van der Waals surface area (Å²) in [6.07, 6.45) is 6.78. The van der Waals surface area contributed by atoms with E-state index in [1.54, 1.807) is 0 Å². The van der Waals surface area contributed by atoms with Crippen molar-refractivity contribution in [2.75, 3.05) is 19.6 Å². The zero-order chi connectivity index (χ0) is 14.1. The van der Waals surface area contributed by atoms with Crippen LogP contribution in [0.15, 0.2) is 0 Å². The van der Waals surface area contributed by atoms with Crippen LogP contribution in [0.5, 0.6) is 0 Å². The van der Waals surface area contributed by atoms with Crippen molar-refractivity contribution in [1.82, 2.24) is 9.80 Å². The minimum atomic E-state index is -0.719. The third-order valence-electron chi connectivity index (χ3n) is 4.73. The molecule has 1 aliphatic heterocycles. The maximum atomic E-state index is 12.6. The molecule has 2 aliphatic carbocycles. The van der Waals surface area contributed by atoms with Gasteiger partial charge >= 0.3 is 12.0 Å². The average molecular weight is 280 g/mol. The van der Waals surface area contributed by atoms with Gasteiger partial charge in [0, 0.05) is 32.1 Å². The van der Waals surface area contributed by atoms with Crippen molar-refractivity contribution in [2.24, 2.45) is 11.8 Å². The van der Waals surface area contributed by atoms with E-state index in [9.17, 15) is 9.59 Å². The fourth-order valence-corrected chi connectivity index (χ4v) is 3.11. The summed E-state index contributed by atoms with van der Waals surface area (Å²) in [7, 11) is 0. The Morgan fingerprint density at radius 2 is 1.65 bits per heavy atom. The molecule has 3 rings (SSSR count). The number of carboxylic acid groups (broad SMARTS) is 1. The number of nitrogens with zero attached hydrogens (tertiary/aromatic N) is 2. The molecule has 1 heterocycles. The molecule has 5 nitrogen and oxygen atoms in total. The van der Waals surface area contributed by atoms with Crippen LogP contribution in [-0.2, 0) is 4.79 Å². The zero-order valence-corrected chi connectivity index (χ0v) is 12.0. The Hall–Kier alpha value is -1.26. The molecule has 1 saturated heterocycles. The van der Waals surface area contributed by atoms with Crippen molar-refractivity contribution in [2.45, 2.75) is 51.0 Å². The maximum Gasteiger partial charge on any atom is 0.320 e. The minimum absolute atomic E-state index is 0.202. The van der Waals surface area contributed by atoms with Crippen molar-refractivity contribution in [3.05, 3.63) is 0 Å². The summed E-state index contributed by atoms with van der Waals surface area (Å²) in [6, 6.07) is 0.688. The molecule has 2 amide bonds. The van der Waals surface area contributed by atoms with E-state index in [0.717, 1.165) is 51.2 Å². The van der Waals surface area contributed by atoms with E-state index in [0.29, 0.717) is 6.04 Å². The predicted octanol–water partition coefficient (Wildman–Crippen LogP) is 2.17. The molecule has 0 aromatic carbocycles. The Bertz CT molecular complexity index is 383. The number of carbonyl (C=O) groups excluding carboxylic acids is 1. The molecule has 3 aliphatic rings. The first-order valence-corrected chi connectivity index (χ1v) is 7.91. The number of carbonyl (C=O) groups is 2. The number of rotatable bonds is 5. The number of piperidine rings is 1. The first kappa shape index (κ1) is 13.7. The smallest absolute Gasteiger partial charge is 0.320 e. The largest absolute Gasteiger partial charge is 0.481 e. The summed E-state index contributed by atoms with van der Waals surface area (Å²) in [5.41, 5.74) is 0. The number of hydrogen-bond acceptors (Lipinski definition) is 2. The van der Waals surface area contributed by atoms with Crippen molar-refractivity contribution in [1.29, 1.82) is 0 Å². The van der Waals surface area contributed by atoms with E-state index < -0.39 is 5.97 Å². The van der Waals surface area contributed by atoms with Crippen molar-refractivity contribution >= 4 is 12.0 Å². The van der Waals surface area contributed by atoms with E-state index in [4.69, 9.17) is 5.11 Å². The molecule has 0 aromatic heterocycles. The summed E-state index contributed by atoms with van der Waals surface area (Å²) in [5, 5.41) is 8.83. The van der Waals surface area contributed by atoms with Gasteiger partial charge in [-0.2, -0.15) is 0 Å². The molecular weight excluding hydrogens is 256 g/mol. The van der Waals surface area contributed by atoms with Gasteiger partial charge in [0.2, 0.25) is 0 Å². The molecule has 0 spiro atoms. The molecule has 0 atom stereocenters.